The molecule has 0 bridgehead atoms. The zero-order chi connectivity index (χ0) is 16.4. The van der Waals surface area contributed by atoms with E-state index in [9.17, 15) is 4.79 Å². The van der Waals surface area contributed by atoms with Gasteiger partial charge in [-0.25, -0.2) is 9.97 Å². The maximum Gasteiger partial charge on any atom is 0.276 e. The molecular weight excluding hydrogens is 296 g/mol. The van der Waals surface area contributed by atoms with Crippen LogP contribution in [-0.4, -0.2) is 45.1 Å². The van der Waals surface area contributed by atoms with Crippen molar-refractivity contribution in [3.05, 3.63) is 35.1 Å². The number of hydrogen-bond donors (Lipinski definition) is 0. The fraction of sp³-hybridized carbons (Fsp3) is 0.500. The Labute approximate surface area is 134 Å². The van der Waals surface area contributed by atoms with E-state index >= 15 is 0 Å². The standard InChI is InChI=1S/C16H20N4O3/c1-10(2)22-15-12-4-6-20(7-5-13(12)17-9-18-15)16(21)14-8-11(3)23-19-14/h8-10H,4-7H2,1-3H3. The highest BCUT2D eigenvalue weighted by atomic mass is 16.5. The lowest BCUT2D eigenvalue weighted by Gasteiger charge is -2.18. The highest BCUT2D eigenvalue weighted by Gasteiger charge is 2.25. The molecule has 2 aromatic heterocycles. The van der Waals surface area contributed by atoms with Crippen LogP contribution in [0.4, 0.5) is 0 Å². The van der Waals surface area contributed by atoms with E-state index in [0.29, 0.717) is 43.3 Å². The van der Waals surface area contributed by atoms with Crippen molar-refractivity contribution in [3.8, 4) is 5.88 Å². The van der Waals surface area contributed by atoms with Crippen molar-refractivity contribution in [2.75, 3.05) is 13.1 Å². The fourth-order valence-electron chi connectivity index (χ4n) is 2.65. The number of ether oxygens (including phenoxy) is 1. The van der Waals surface area contributed by atoms with Crippen molar-refractivity contribution in [1.82, 2.24) is 20.0 Å². The summed E-state index contributed by atoms with van der Waals surface area (Å²) in [5.74, 6) is 1.13. The van der Waals surface area contributed by atoms with E-state index in [1.165, 1.54) is 6.33 Å². The topological polar surface area (TPSA) is 81.4 Å². The van der Waals surface area contributed by atoms with Crippen molar-refractivity contribution in [1.29, 1.82) is 0 Å². The van der Waals surface area contributed by atoms with Crippen molar-refractivity contribution in [3.63, 3.8) is 0 Å². The van der Waals surface area contributed by atoms with E-state index in [4.69, 9.17) is 9.26 Å². The second-order valence-electron chi connectivity index (χ2n) is 5.89. The number of amides is 1. The molecule has 7 nitrogen and oxygen atoms in total. The van der Waals surface area contributed by atoms with Crippen LogP contribution in [0.5, 0.6) is 5.88 Å². The largest absolute Gasteiger partial charge is 0.475 e. The molecule has 0 saturated heterocycles. The van der Waals surface area contributed by atoms with Crippen LogP contribution in [0.2, 0.25) is 0 Å². The zero-order valence-corrected chi connectivity index (χ0v) is 13.6. The quantitative estimate of drug-likeness (QED) is 0.859. The number of carbonyl (C=O) groups excluding carboxylic acids is 1. The van der Waals surface area contributed by atoms with Gasteiger partial charge in [-0.3, -0.25) is 4.79 Å². The number of hydrogen-bond acceptors (Lipinski definition) is 6. The first kappa shape index (κ1) is 15.5. The normalized spacial score (nSPS) is 14.5. The van der Waals surface area contributed by atoms with Crippen LogP contribution in [0.25, 0.3) is 0 Å². The molecule has 23 heavy (non-hydrogen) atoms. The summed E-state index contributed by atoms with van der Waals surface area (Å²) >= 11 is 0. The Bertz CT molecular complexity index is 711. The van der Waals surface area contributed by atoms with Gasteiger partial charge >= 0.3 is 0 Å². The average molecular weight is 316 g/mol. The molecule has 0 fully saturated rings. The van der Waals surface area contributed by atoms with Crippen LogP contribution < -0.4 is 4.74 Å². The van der Waals surface area contributed by atoms with E-state index < -0.39 is 0 Å². The smallest absolute Gasteiger partial charge is 0.276 e. The minimum atomic E-state index is -0.117. The summed E-state index contributed by atoms with van der Waals surface area (Å²) in [6.07, 6.45) is 2.91. The summed E-state index contributed by atoms with van der Waals surface area (Å²) in [6, 6.07) is 1.66. The van der Waals surface area contributed by atoms with Crippen molar-refractivity contribution < 1.29 is 14.1 Å². The van der Waals surface area contributed by atoms with Crippen LogP contribution in [-0.2, 0) is 12.8 Å². The molecule has 0 N–H and O–H groups in total. The summed E-state index contributed by atoms with van der Waals surface area (Å²) in [5.41, 5.74) is 2.29. The molecule has 1 aliphatic rings. The van der Waals surface area contributed by atoms with Gasteiger partial charge in [0.05, 0.1) is 11.8 Å². The van der Waals surface area contributed by atoms with E-state index in [1.807, 2.05) is 13.8 Å². The van der Waals surface area contributed by atoms with Crippen LogP contribution >= 0.6 is 0 Å². The van der Waals surface area contributed by atoms with Gasteiger partial charge in [0.1, 0.15) is 12.1 Å². The Kier molecular flexibility index (Phi) is 4.27. The first-order chi connectivity index (χ1) is 11.0. The molecule has 3 heterocycles. The molecule has 0 radical (unpaired) electrons. The van der Waals surface area contributed by atoms with Crippen molar-refractivity contribution in [2.45, 2.75) is 39.7 Å². The number of aromatic nitrogens is 3. The second-order valence-corrected chi connectivity index (χ2v) is 5.89. The van der Waals surface area contributed by atoms with E-state index in [-0.39, 0.29) is 12.0 Å². The lowest BCUT2D eigenvalue weighted by atomic mass is 10.1. The molecule has 1 aliphatic heterocycles. The SMILES string of the molecule is Cc1cc(C(=O)N2CCc3ncnc(OC(C)C)c3CC2)no1. The summed E-state index contributed by atoms with van der Waals surface area (Å²) in [7, 11) is 0. The molecule has 7 heteroatoms. The zero-order valence-electron chi connectivity index (χ0n) is 13.6. The highest BCUT2D eigenvalue weighted by molar-refractivity contribution is 5.92. The summed E-state index contributed by atoms with van der Waals surface area (Å²) in [5, 5.41) is 3.81. The molecule has 2 aromatic rings. The second kappa shape index (κ2) is 6.36. The Morgan fingerprint density at radius 1 is 1.30 bits per heavy atom. The molecule has 0 unspecified atom stereocenters. The molecule has 1 amide bonds. The first-order valence-corrected chi connectivity index (χ1v) is 7.76. The first-order valence-electron chi connectivity index (χ1n) is 7.76. The van der Waals surface area contributed by atoms with Crippen LogP contribution in [0.3, 0.4) is 0 Å². The van der Waals surface area contributed by atoms with Gasteiger partial charge in [-0.15, -0.1) is 0 Å². The summed E-state index contributed by atoms with van der Waals surface area (Å²) < 4.78 is 10.8. The minimum Gasteiger partial charge on any atom is -0.475 e. The summed E-state index contributed by atoms with van der Waals surface area (Å²) in [6.45, 7) is 6.88. The Morgan fingerprint density at radius 2 is 2.09 bits per heavy atom. The van der Waals surface area contributed by atoms with Crippen LogP contribution in [0, 0.1) is 6.92 Å². The number of rotatable bonds is 3. The third-order valence-electron chi connectivity index (χ3n) is 3.73. The maximum absolute atomic E-state index is 12.5. The molecule has 0 atom stereocenters. The number of fused-ring (bicyclic) bond motifs is 1. The lowest BCUT2D eigenvalue weighted by molar-refractivity contribution is 0.0752. The van der Waals surface area contributed by atoms with Gasteiger partial charge in [-0.05, 0) is 27.2 Å². The lowest BCUT2D eigenvalue weighted by Crippen LogP contribution is -2.33. The molecule has 0 aromatic carbocycles. The van der Waals surface area contributed by atoms with Gasteiger partial charge in [0.25, 0.3) is 5.91 Å². The Balaban J connectivity index is 1.78. The Hall–Kier alpha value is -2.44. The number of nitrogens with zero attached hydrogens (tertiary/aromatic N) is 4. The maximum atomic E-state index is 12.5. The fourth-order valence-corrected chi connectivity index (χ4v) is 2.65. The van der Waals surface area contributed by atoms with Crippen molar-refractivity contribution >= 4 is 5.91 Å². The monoisotopic (exact) mass is 316 g/mol. The minimum absolute atomic E-state index is 0.0492. The molecule has 0 spiro atoms. The summed E-state index contributed by atoms with van der Waals surface area (Å²) in [4.78, 5) is 22.9. The molecular formula is C16H20N4O3. The van der Waals surface area contributed by atoms with Gasteiger partial charge in [-0.2, -0.15) is 0 Å². The van der Waals surface area contributed by atoms with Crippen molar-refractivity contribution in [2.24, 2.45) is 0 Å². The van der Waals surface area contributed by atoms with Crippen LogP contribution in [0.1, 0.15) is 41.4 Å². The van der Waals surface area contributed by atoms with Gasteiger partial charge < -0.3 is 14.2 Å². The molecule has 3 rings (SSSR count). The third kappa shape index (κ3) is 3.33. The van der Waals surface area contributed by atoms with Gasteiger partial charge in [0.2, 0.25) is 5.88 Å². The number of carbonyl (C=O) groups is 1. The predicted molar refractivity (Wildman–Crippen MR) is 82.3 cm³/mol. The van der Waals surface area contributed by atoms with E-state index in [2.05, 4.69) is 15.1 Å². The molecule has 122 valence electrons. The van der Waals surface area contributed by atoms with Gasteiger partial charge in [-0.1, -0.05) is 5.16 Å². The molecule has 0 aliphatic carbocycles. The van der Waals surface area contributed by atoms with E-state index in [1.54, 1.807) is 17.9 Å². The average Bonchev–Trinajstić information content (AvgIpc) is 2.82. The van der Waals surface area contributed by atoms with E-state index in [0.717, 1.165) is 11.3 Å². The Morgan fingerprint density at radius 3 is 2.78 bits per heavy atom. The van der Waals surface area contributed by atoms with Gasteiger partial charge in [0.15, 0.2) is 5.69 Å². The van der Waals surface area contributed by atoms with Crippen LogP contribution in [0.15, 0.2) is 16.9 Å². The highest BCUT2D eigenvalue weighted by Crippen LogP contribution is 2.23. The predicted octanol–water partition coefficient (Wildman–Crippen LogP) is 1.80. The third-order valence-corrected chi connectivity index (χ3v) is 3.73. The number of aryl methyl sites for hydroxylation is 1. The molecule has 0 saturated carbocycles. The van der Waals surface area contributed by atoms with Gasteiger partial charge in [0, 0.05) is 31.1 Å².